The summed E-state index contributed by atoms with van der Waals surface area (Å²) in [6.07, 6.45) is 5.47. The van der Waals surface area contributed by atoms with Crippen molar-refractivity contribution in [3.05, 3.63) is 12.7 Å². The molecule has 0 aromatic carbocycles. The average molecular weight is 198 g/mol. The highest BCUT2D eigenvalue weighted by Gasteiger charge is 2.09. The van der Waals surface area contributed by atoms with Crippen LogP contribution in [-0.2, 0) is 9.53 Å². The normalized spacial score (nSPS) is 12.6. The van der Waals surface area contributed by atoms with Crippen molar-refractivity contribution < 1.29 is 9.53 Å². The summed E-state index contributed by atoms with van der Waals surface area (Å²) in [5.74, 6) is 0.420. The van der Waals surface area contributed by atoms with Gasteiger partial charge in [0.2, 0.25) is 0 Å². The zero-order valence-electron chi connectivity index (χ0n) is 9.58. The van der Waals surface area contributed by atoms with Gasteiger partial charge in [0.15, 0.2) is 0 Å². The van der Waals surface area contributed by atoms with E-state index in [9.17, 15) is 4.79 Å². The molecule has 0 aliphatic carbocycles. The SMILES string of the molecule is C=CC(=O)OC(CC)CCCC(C)C. The van der Waals surface area contributed by atoms with Crippen LogP contribution in [0.1, 0.15) is 46.5 Å². The third-order valence-corrected chi connectivity index (χ3v) is 2.21. The second kappa shape index (κ2) is 7.60. The highest BCUT2D eigenvalue weighted by Crippen LogP contribution is 2.12. The van der Waals surface area contributed by atoms with Crippen LogP contribution in [0.5, 0.6) is 0 Å². The smallest absolute Gasteiger partial charge is 0.330 e. The Kier molecular flexibility index (Phi) is 7.17. The van der Waals surface area contributed by atoms with Gasteiger partial charge in [0.1, 0.15) is 6.10 Å². The van der Waals surface area contributed by atoms with E-state index in [1.165, 1.54) is 12.5 Å². The molecule has 0 amide bonds. The van der Waals surface area contributed by atoms with E-state index in [0.717, 1.165) is 25.2 Å². The summed E-state index contributed by atoms with van der Waals surface area (Å²) < 4.78 is 5.17. The molecule has 0 N–H and O–H groups in total. The second-order valence-corrected chi connectivity index (χ2v) is 4.00. The molecular formula is C12H22O2. The number of ether oxygens (including phenoxy) is 1. The average Bonchev–Trinajstić information content (AvgIpc) is 2.15. The summed E-state index contributed by atoms with van der Waals surface area (Å²) in [6, 6.07) is 0. The lowest BCUT2D eigenvalue weighted by molar-refractivity contribution is -0.143. The van der Waals surface area contributed by atoms with Crippen LogP contribution >= 0.6 is 0 Å². The maximum atomic E-state index is 10.9. The van der Waals surface area contributed by atoms with Crippen molar-refractivity contribution in [2.45, 2.75) is 52.6 Å². The lowest BCUT2D eigenvalue weighted by atomic mass is 10.0. The number of hydrogen-bond donors (Lipinski definition) is 0. The molecule has 0 aromatic rings. The Hall–Kier alpha value is -0.790. The van der Waals surface area contributed by atoms with Crippen LogP contribution in [0, 0.1) is 5.92 Å². The van der Waals surface area contributed by atoms with E-state index in [0.29, 0.717) is 0 Å². The molecule has 2 nitrogen and oxygen atoms in total. The molecule has 1 unspecified atom stereocenters. The molecule has 0 saturated carbocycles. The molecule has 82 valence electrons. The molecule has 0 saturated heterocycles. The fourth-order valence-electron chi connectivity index (χ4n) is 1.31. The molecule has 1 atom stereocenters. The first-order valence-corrected chi connectivity index (χ1v) is 5.43. The molecular weight excluding hydrogens is 176 g/mol. The Morgan fingerprint density at radius 3 is 2.50 bits per heavy atom. The molecule has 0 aliphatic heterocycles. The largest absolute Gasteiger partial charge is 0.459 e. The summed E-state index contributed by atoms with van der Waals surface area (Å²) in [5, 5.41) is 0. The maximum absolute atomic E-state index is 10.9. The van der Waals surface area contributed by atoms with Crippen molar-refractivity contribution >= 4 is 5.97 Å². The van der Waals surface area contributed by atoms with Crippen LogP contribution in [0.15, 0.2) is 12.7 Å². The summed E-state index contributed by atoms with van der Waals surface area (Å²) in [6.45, 7) is 9.83. The highest BCUT2D eigenvalue weighted by atomic mass is 16.5. The predicted molar refractivity (Wildman–Crippen MR) is 59.1 cm³/mol. The number of rotatable bonds is 7. The number of esters is 1. The van der Waals surface area contributed by atoms with Gasteiger partial charge in [0.25, 0.3) is 0 Å². The van der Waals surface area contributed by atoms with Gasteiger partial charge in [0, 0.05) is 6.08 Å². The third-order valence-electron chi connectivity index (χ3n) is 2.21. The number of carbonyl (C=O) groups is 1. The van der Waals surface area contributed by atoms with Crippen molar-refractivity contribution in [1.29, 1.82) is 0 Å². The monoisotopic (exact) mass is 198 g/mol. The molecule has 0 heterocycles. The van der Waals surface area contributed by atoms with E-state index in [4.69, 9.17) is 4.74 Å². The molecule has 0 aromatic heterocycles. The van der Waals surface area contributed by atoms with Gasteiger partial charge in [-0.2, -0.15) is 0 Å². The Balaban J connectivity index is 3.68. The Morgan fingerprint density at radius 2 is 2.07 bits per heavy atom. The molecule has 0 aliphatic rings. The van der Waals surface area contributed by atoms with Crippen LogP contribution in [0.3, 0.4) is 0 Å². The van der Waals surface area contributed by atoms with E-state index < -0.39 is 0 Å². The number of carbonyl (C=O) groups excluding carboxylic acids is 1. The molecule has 0 spiro atoms. The van der Waals surface area contributed by atoms with Gasteiger partial charge >= 0.3 is 5.97 Å². The zero-order chi connectivity index (χ0) is 11.0. The standard InChI is InChI=1S/C12H22O2/c1-5-11(14-12(13)6-2)9-7-8-10(3)4/h6,10-11H,2,5,7-9H2,1,3-4H3. The Bertz CT molecular complexity index is 173. The molecule has 14 heavy (non-hydrogen) atoms. The van der Waals surface area contributed by atoms with Crippen molar-refractivity contribution in [3.8, 4) is 0 Å². The van der Waals surface area contributed by atoms with E-state index in [2.05, 4.69) is 20.4 Å². The maximum Gasteiger partial charge on any atom is 0.330 e. The van der Waals surface area contributed by atoms with Gasteiger partial charge in [0.05, 0.1) is 0 Å². The molecule has 0 radical (unpaired) electrons. The van der Waals surface area contributed by atoms with E-state index in [-0.39, 0.29) is 12.1 Å². The van der Waals surface area contributed by atoms with Crippen LogP contribution in [0.25, 0.3) is 0 Å². The predicted octanol–water partition coefficient (Wildman–Crippen LogP) is 3.32. The van der Waals surface area contributed by atoms with Gasteiger partial charge < -0.3 is 4.74 Å². The van der Waals surface area contributed by atoms with Crippen LogP contribution < -0.4 is 0 Å². The minimum absolute atomic E-state index is 0.0687. The first-order valence-electron chi connectivity index (χ1n) is 5.43. The van der Waals surface area contributed by atoms with Gasteiger partial charge in [-0.15, -0.1) is 0 Å². The Morgan fingerprint density at radius 1 is 1.43 bits per heavy atom. The van der Waals surface area contributed by atoms with Gasteiger partial charge in [-0.05, 0) is 25.2 Å². The summed E-state index contributed by atoms with van der Waals surface area (Å²) in [4.78, 5) is 10.9. The van der Waals surface area contributed by atoms with E-state index in [1.54, 1.807) is 0 Å². The van der Waals surface area contributed by atoms with Gasteiger partial charge in [-0.3, -0.25) is 0 Å². The van der Waals surface area contributed by atoms with E-state index >= 15 is 0 Å². The topological polar surface area (TPSA) is 26.3 Å². The van der Waals surface area contributed by atoms with Crippen molar-refractivity contribution in [2.75, 3.05) is 0 Å². The molecule has 0 bridgehead atoms. The van der Waals surface area contributed by atoms with E-state index in [1.807, 2.05) is 6.92 Å². The lowest BCUT2D eigenvalue weighted by Gasteiger charge is -2.15. The Labute approximate surface area is 87.3 Å². The highest BCUT2D eigenvalue weighted by molar-refractivity contribution is 5.81. The number of hydrogen-bond acceptors (Lipinski definition) is 2. The zero-order valence-corrected chi connectivity index (χ0v) is 9.58. The first kappa shape index (κ1) is 13.2. The molecule has 2 heteroatoms. The third kappa shape index (κ3) is 6.70. The van der Waals surface area contributed by atoms with Crippen molar-refractivity contribution in [1.82, 2.24) is 0 Å². The van der Waals surface area contributed by atoms with Gasteiger partial charge in [-0.25, -0.2) is 4.79 Å². The summed E-state index contributed by atoms with van der Waals surface area (Å²) in [5.41, 5.74) is 0. The minimum atomic E-state index is -0.304. The molecule has 0 rings (SSSR count). The summed E-state index contributed by atoms with van der Waals surface area (Å²) >= 11 is 0. The fourth-order valence-corrected chi connectivity index (χ4v) is 1.31. The van der Waals surface area contributed by atoms with Crippen molar-refractivity contribution in [2.24, 2.45) is 5.92 Å². The van der Waals surface area contributed by atoms with Crippen LogP contribution in [-0.4, -0.2) is 12.1 Å². The molecule has 0 fully saturated rings. The second-order valence-electron chi connectivity index (χ2n) is 4.00. The fraction of sp³-hybridized carbons (Fsp3) is 0.750. The van der Waals surface area contributed by atoms with Crippen LogP contribution in [0.2, 0.25) is 0 Å². The van der Waals surface area contributed by atoms with Crippen molar-refractivity contribution in [3.63, 3.8) is 0 Å². The van der Waals surface area contributed by atoms with Gasteiger partial charge in [-0.1, -0.05) is 33.8 Å². The minimum Gasteiger partial charge on any atom is -0.459 e. The van der Waals surface area contributed by atoms with Crippen LogP contribution in [0.4, 0.5) is 0 Å². The first-order chi connectivity index (χ1) is 6.60. The lowest BCUT2D eigenvalue weighted by Crippen LogP contribution is -2.15. The summed E-state index contributed by atoms with van der Waals surface area (Å²) in [7, 11) is 0. The quantitative estimate of drug-likeness (QED) is 0.463.